The van der Waals surface area contributed by atoms with Crippen LogP contribution in [-0.4, -0.2) is 30.4 Å². The van der Waals surface area contributed by atoms with Crippen LogP contribution in [0.1, 0.15) is 30.4 Å². The van der Waals surface area contributed by atoms with E-state index in [4.69, 9.17) is 5.11 Å². The van der Waals surface area contributed by atoms with Crippen molar-refractivity contribution < 1.29 is 13.5 Å². The van der Waals surface area contributed by atoms with Crippen LogP contribution in [0.2, 0.25) is 0 Å². The van der Waals surface area contributed by atoms with E-state index in [1.165, 1.54) is 6.42 Å². The molecule has 104 valence electrons. The number of aliphatic hydroxyl groups is 1. The molecule has 0 spiro atoms. The predicted octanol–water partition coefficient (Wildman–Crippen LogP) is 1.49. The van der Waals surface area contributed by atoms with E-state index in [0.717, 1.165) is 24.0 Å². The van der Waals surface area contributed by atoms with Gasteiger partial charge in [0.15, 0.2) is 0 Å². The molecule has 1 heterocycles. The summed E-state index contributed by atoms with van der Waals surface area (Å²) in [6.07, 6.45) is 3.23. The highest BCUT2D eigenvalue weighted by Gasteiger charge is 2.43. The Hall–Kier alpha value is -0.910. The number of aliphatic hydroxyl groups excluding tert-OH is 1. The summed E-state index contributed by atoms with van der Waals surface area (Å²) in [5.74, 6) is 0.618. The number of hydrogen-bond donors (Lipinski definition) is 1. The first-order valence-electron chi connectivity index (χ1n) is 6.76. The van der Waals surface area contributed by atoms with Crippen LogP contribution in [0.3, 0.4) is 0 Å². The van der Waals surface area contributed by atoms with Crippen molar-refractivity contribution in [2.75, 3.05) is 6.54 Å². The maximum Gasteiger partial charge on any atom is 0.218 e. The second-order valence-electron chi connectivity index (χ2n) is 5.64. The Morgan fingerprint density at radius 1 is 1.26 bits per heavy atom. The van der Waals surface area contributed by atoms with Crippen molar-refractivity contribution in [1.82, 2.24) is 4.31 Å². The summed E-state index contributed by atoms with van der Waals surface area (Å²) in [5, 5.41) is 9.10. The molecule has 1 N–H and O–H groups in total. The fourth-order valence-corrected chi connectivity index (χ4v) is 5.18. The quantitative estimate of drug-likeness (QED) is 0.909. The van der Waals surface area contributed by atoms with E-state index in [2.05, 4.69) is 0 Å². The Kier molecular flexibility index (Phi) is 3.37. The molecule has 2 fully saturated rings. The molecular weight excluding hydrogens is 262 g/mol. The Morgan fingerprint density at radius 3 is 2.68 bits per heavy atom. The van der Waals surface area contributed by atoms with E-state index in [-0.39, 0.29) is 18.4 Å². The Morgan fingerprint density at radius 2 is 2.05 bits per heavy atom. The summed E-state index contributed by atoms with van der Waals surface area (Å²) in [6, 6.07) is 7.41. The number of piperidine rings is 1. The van der Waals surface area contributed by atoms with Crippen molar-refractivity contribution in [3.8, 4) is 0 Å². The van der Waals surface area contributed by atoms with Crippen molar-refractivity contribution in [3.05, 3.63) is 35.4 Å². The maximum absolute atomic E-state index is 12.5. The topological polar surface area (TPSA) is 57.6 Å². The SMILES string of the molecule is O=S(=O)(Cc1cccc(CO)c1)N1CC2CCC1C2. The second kappa shape index (κ2) is 4.89. The number of nitrogens with zero attached hydrogens (tertiary/aromatic N) is 1. The maximum atomic E-state index is 12.5. The van der Waals surface area contributed by atoms with Crippen molar-refractivity contribution in [2.45, 2.75) is 37.7 Å². The van der Waals surface area contributed by atoms with Gasteiger partial charge in [0.25, 0.3) is 0 Å². The molecular formula is C14H19NO3S. The molecule has 2 unspecified atom stereocenters. The summed E-state index contributed by atoms with van der Waals surface area (Å²) >= 11 is 0. The van der Waals surface area contributed by atoms with Crippen LogP contribution in [0.25, 0.3) is 0 Å². The summed E-state index contributed by atoms with van der Waals surface area (Å²) in [5.41, 5.74) is 1.52. The van der Waals surface area contributed by atoms with Gasteiger partial charge in [-0.15, -0.1) is 0 Å². The van der Waals surface area contributed by atoms with Crippen molar-refractivity contribution in [2.24, 2.45) is 5.92 Å². The molecule has 1 saturated carbocycles. The molecule has 3 rings (SSSR count). The number of rotatable bonds is 4. The monoisotopic (exact) mass is 281 g/mol. The minimum absolute atomic E-state index is 0.0457. The molecule has 2 atom stereocenters. The number of hydrogen-bond acceptors (Lipinski definition) is 3. The van der Waals surface area contributed by atoms with Crippen LogP contribution < -0.4 is 0 Å². The molecule has 5 heteroatoms. The largest absolute Gasteiger partial charge is 0.392 e. The van der Waals surface area contributed by atoms with E-state index < -0.39 is 10.0 Å². The molecule has 2 aliphatic rings. The standard InChI is InChI=1S/C14H19NO3S/c16-9-12-2-1-3-13(6-12)10-19(17,18)15-8-11-4-5-14(15)7-11/h1-3,6,11,14,16H,4-5,7-10H2. The molecule has 19 heavy (non-hydrogen) atoms. The van der Waals surface area contributed by atoms with Gasteiger partial charge in [0.2, 0.25) is 10.0 Å². The van der Waals surface area contributed by atoms with Crippen molar-refractivity contribution in [1.29, 1.82) is 0 Å². The summed E-state index contributed by atoms with van der Waals surface area (Å²) in [4.78, 5) is 0. The van der Waals surface area contributed by atoms with E-state index in [9.17, 15) is 8.42 Å². The van der Waals surface area contributed by atoms with E-state index in [0.29, 0.717) is 12.5 Å². The Balaban J connectivity index is 1.78. The van der Waals surface area contributed by atoms with E-state index in [1.54, 1.807) is 22.5 Å². The average molecular weight is 281 g/mol. The third-order valence-corrected chi connectivity index (χ3v) is 6.10. The first-order valence-corrected chi connectivity index (χ1v) is 8.37. The highest BCUT2D eigenvalue weighted by molar-refractivity contribution is 7.88. The third kappa shape index (κ3) is 2.55. The fraction of sp³-hybridized carbons (Fsp3) is 0.571. The highest BCUT2D eigenvalue weighted by atomic mass is 32.2. The fourth-order valence-electron chi connectivity index (χ4n) is 3.33. The van der Waals surface area contributed by atoms with Gasteiger partial charge in [-0.25, -0.2) is 8.42 Å². The number of fused-ring (bicyclic) bond motifs is 2. The van der Waals surface area contributed by atoms with Gasteiger partial charge in [0.1, 0.15) is 0 Å². The molecule has 0 amide bonds. The van der Waals surface area contributed by atoms with Gasteiger partial charge in [-0.05, 0) is 36.3 Å². The zero-order valence-electron chi connectivity index (χ0n) is 10.8. The van der Waals surface area contributed by atoms with Crippen LogP contribution in [-0.2, 0) is 22.4 Å². The zero-order chi connectivity index (χ0) is 13.5. The summed E-state index contributed by atoms with van der Waals surface area (Å²) < 4.78 is 26.6. The van der Waals surface area contributed by atoms with Crippen LogP contribution in [0.4, 0.5) is 0 Å². The lowest BCUT2D eigenvalue weighted by molar-refractivity contribution is 0.281. The van der Waals surface area contributed by atoms with Crippen LogP contribution >= 0.6 is 0 Å². The zero-order valence-corrected chi connectivity index (χ0v) is 11.6. The smallest absolute Gasteiger partial charge is 0.218 e. The number of sulfonamides is 1. The van der Waals surface area contributed by atoms with E-state index in [1.807, 2.05) is 6.07 Å². The second-order valence-corrected chi connectivity index (χ2v) is 7.56. The first-order chi connectivity index (χ1) is 9.08. The van der Waals surface area contributed by atoms with Gasteiger partial charge in [-0.3, -0.25) is 0 Å². The summed E-state index contributed by atoms with van der Waals surface area (Å²) in [7, 11) is -3.22. The van der Waals surface area contributed by atoms with E-state index >= 15 is 0 Å². The lowest BCUT2D eigenvalue weighted by atomic mass is 10.1. The molecule has 1 aliphatic carbocycles. The molecule has 1 aliphatic heterocycles. The average Bonchev–Trinajstić information content (AvgIpc) is 3.01. The lowest BCUT2D eigenvalue weighted by Crippen LogP contribution is -2.38. The van der Waals surface area contributed by atoms with Crippen LogP contribution in [0.15, 0.2) is 24.3 Å². The van der Waals surface area contributed by atoms with Gasteiger partial charge in [-0.2, -0.15) is 4.31 Å². The van der Waals surface area contributed by atoms with Gasteiger partial charge < -0.3 is 5.11 Å². The van der Waals surface area contributed by atoms with Gasteiger partial charge in [0.05, 0.1) is 12.4 Å². The van der Waals surface area contributed by atoms with Gasteiger partial charge >= 0.3 is 0 Å². The molecule has 1 aromatic carbocycles. The predicted molar refractivity (Wildman–Crippen MR) is 72.8 cm³/mol. The van der Waals surface area contributed by atoms with Gasteiger partial charge in [-0.1, -0.05) is 24.3 Å². The minimum Gasteiger partial charge on any atom is -0.392 e. The molecule has 0 radical (unpaired) electrons. The van der Waals surface area contributed by atoms with Crippen molar-refractivity contribution >= 4 is 10.0 Å². The third-order valence-electron chi connectivity index (χ3n) is 4.24. The first kappa shape index (κ1) is 13.1. The molecule has 1 saturated heterocycles. The minimum atomic E-state index is -3.22. The molecule has 0 aromatic heterocycles. The number of benzene rings is 1. The highest BCUT2D eigenvalue weighted by Crippen LogP contribution is 2.39. The Labute approximate surface area is 114 Å². The molecule has 2 bridgehead atoms. The molecule has 1 aromatic rings. The Bertz CT molecular complexity index is 570. The van der Waals surface area contributed by atoms with Crippen LogP contribution in [0.5, 0.6) is 0 Å². The summed E-state index contributed by atoms with van der Waals surface area (Å²) in [6.45, 7) is 0.648. The lowest BCUT2D eigenvalue weighted by Gasteiger charge is -2.26. The van der Waals surface area contributed by atoms with Gasteiger partial charge in [0, 0.05) is 12.6 Å². The van der Waals surface area contributed by atoms with Crippen molar-refractivity contribution in [3.63, 3.8) is 0 Å². The van der Waals surface area contributed by atoms with Crippen LogP contribution in [0, 0.1) is 5.92 Å². The molecule has 4 nitrogen and oxygen atoms in total. The normalized spacial score (nSPS) is 27.0.